The van der Waals surface area contributed by atoms with Crippen LogP contribution in [0.5, 0.6) is 0 Å². The van der Waals surface area contributed by atoms with Crippen LogP contribution in [0.3, 0.4) is 0 Å². The van der Waals surface area contributed by atoms with Gasteiger partial charge in [0.2, 0.25) is 0 Å². The van der Waals surface area contributed by atoms with Crippen molar-refractivity contribution in [3.05, 3.63) is 120 Å². The summed E-state index contributed by atoms with van der Waals surface area (Å²) in [6.07, 6.45) is 8.55. The van der Waals surface area contributed by atoms with E-state index >= 15 is 0 Å². The van der Waals surface area contributed by atoms with Gasteiger partial charge in [0.15, 0.2) is 5.78 Å². The third kappa shape index (κ3) is 8.63. The van der Waals surface area contributed by atoms with Gasteiger partial charge in [0, 0.05) is 49.3 Å². The monoisotopic (exact) mass is 830 g/mol. The van der Waals surface area contributed by atoms with Gasteiger partial charge in [0.05, 0.1) is 11.5 Å². The number of aliphatic hydroxyl groups excluding tert-OH is 1. The van der Waals surface area contributed by atoms with Crippen LogP contribution in [0.25, 0.3) is 44.4 Å². The van der Waals surface area contributed by atoms with Crippen LogP contribution in [0.4, 0.5) is 0 Å². The predicted octanol–water partition coefficient (Wildman–Crippen LogP) is 11.5. The number of ketones is 1. The van der Waals surface area contributed by atoms with Gasteiger partial charge in [-0.3, -0.25) is 9.78 Å². The largest absolute Gasteiger partial charge is 0.512 e. The minimum atomic E-state index is 0. The molecular weight excluding hydrogens is 781 g/mol. The summed E-state index contributed by atoms with van der Waals surface area (Å²) in [4.78, 5) is 21.2. The van der Waals surface area contributed by atoms with Crippen molar-refractivity contribution in [1.82, 2.24) is 9.97 Å². The molecule has 4 aromatic carbocycles. The van der Waals surface area contributed by atoms with E-state index in [2.05, 4.69) is 98.8 Å². The van der Waals surface area contributed by atoms with E-state index in [0.29, 0.717) is 5.92 Å². The van der Waals surface area contributed by atoms with Crippen molar-refractivity contribution in [2.24, 2.45) is 11.8 Å². The van der Waals surface area contributed by atoms with Crippen LogP contribution in [0.15, 0.2) is 97.0 Å². The predicted molar refractivity (Wildman–Crippen MR) is 200 cm³/mol. The molecule has 5 aromatic rings. The molecule has 0 aliphatic heterocycles. The molecule has 1 N–H and O–H groups in total. The molecule has 4 nitrogen and oxygen atoms in total. The average Bonchev–Trinajstić information content (AvgIpc) is 3.12. The number of nitrogens with zero attached hydrogens (tertiary/aromatic N) is 2. The van der Waals surface area contributed by atoms with Gasteiger partial charge in [0.25, 0.3) is 0 Å². The van der Waals surface area contributed by atoms with Gasteiger partial charge in [-0.2, -0.15) is 0 Å². The quantitative estimate of drug-likeness (QED) is 0.0865. The Bertz CT molecular complexity index is 1890. The Morgan fingerprint density at radius 3 is 2.12 bits per heavy atom. The van der Waals surface area contributed by atoms with Crippen LogP contribution in [-0.4, -0.2) is 20.9 Å². The fraction of sp³-hybridized carbons (Fsp3) is 0.341. The Balaban J connectivity index is 0.000000290. The van der Waals surface area contributed by atoms with Crippen molar-refractivity contribution in [3.63, 3.8) is 0 Å². The Labute approximate surface area is 306 Å². The first-order chi connectivity index (χ1) is 23.3. The second kappa shape index (κ2) is 17.6. The molecular formula is C44H49IrN2O2-. The zero-order chi connectivity index (χ0) is 34.2. The summed E-state index contributed by atoms with van der Waals surface area (Å²) in [5, 5.41) is 12.2. The molecule has 0 fully saturated rings. The van der Waals surface area contributed by atoms with Gasteiger partial charge in [0.1, 0.15) is 6.33 Å². The van der Waals surface area contributed by atoms with Gasteiger partial charge in [-0.25, -0.2) is 4.98 Å². The third-order valence-electron chi connectivity index (χ3n) is 9.82. The minimum absolute atomic E-state index is 0. The number of aliphatic hydroxyl groups is 1. The molecule has 1 radical (unpaired) electrons. The Hall–Kier alpha value is -3.92. The fourth-order valence-corrected chi connectivity index (χ4v) is 6.86. The molecule has 1 aliphatic rings. The molecule has 0 saturated carbocycles. The minimum Gasteiger partial charge on any atom is -0.512 e. The van der Waals surface area contributed by atoms with Crippen LogP contribution >= 0.6 is 0 Å². The average molecular weight is 830 g/mol. The van der Waals surface area contributed by atoms with Gasteiger partial charge in [-0.1, -0.05) is 119 Å². The Kier molecular flexibility index (Phi) is 13.6. The number of allylic oxidation sites excluding steroid dienone is 2. The molecule has 1 heterocycles. The van der Waals surface area contributed by atoms with Crippen LogP contribution in [-0.2, 0) is 37.7 Å². The topological polar surface area (TPSA) is 63.1 Å². The van der Waals surface area contributed by atoms with Crippen molar-refractivity contribution < 1.29 is 30.0 Å². The number of aromatic nitrogens is 2. The molecule has 1 aliphatic carbocycles. The van der Waals surface area contributed by atoms with Gasteiger partial charge in [-0.05, 0) is 66.7 Å². The Morgan fingerprint density at radius 2 is 1.45 bits per heavy atom. The third-order valence-corrected chi connectivity index (χ3v) is 9.82. The summed E-state index contributed by atoms with van der Waals surface area (Å²) in [6, 6.07) is 31.8. The first-order valence-electron chi connectivity index (χ1n) is 17.7. The molecule has 1 aromatic heterocycles. The number of hydrogen-bond donors (Lipinski definition) is 1. The number of rotatable bonds is 10. The molecule has 6 rings (SSSR count). The molecule has 0 atom stereocenters. The summed E-state index contributed by atoms with van der Waals surface area (Å²) in [6.45, 7) is 12.6. The van der Waals surface area contributed by atoms with E-state index in [-0.39, 0.29) is 43.5 Å². The van der Waals surface area contributed by atoms with E-state index in [0.717, 1.165) is 60.9 Å². The normalized spacial score (nSPS) is 12.3. The molecule has 0 spiro atoms. The first-order valence-corrected chi connectivity index (χ1v) is 17.7. The van der Waals surface area contributed by atoms with Crippen molar-refractivity contribution in [2.75, 3.05) is 0 Å². The van der Waals surface area contributed by atoms with Gasteiger partial charge >= 0.3 is 0 Å². The number of carbonyl (C=O) groups excluding carboxylic acids is 1. The summed E-state index contributed by atoms with van der Waals surface area (Å²) in [7, 11) is 0. The maximum absolute atomic E-state index is 11.7. The van der Waals surface area contributed by atoms with Crippen molar-refractivity contribution in [3.8, 4) is 33.6 Å². The summed E-state index contributed by atoms with van der Waals surface area (Å²) < 4.78 is 0. The maximum Gasteiger partial charge on any atom is 0.162 e. The van der Waals surface area contributed by atoms with Crippen LogP contribution in [0.1, 0.15) is 89.8 Å². The van der Waals surface area contributed by atoms with Gasteiger partial charge in [-0.15, -0.1) is 29.1 Å². The van der Waals surface area contributed by atoms with Crippen molar-refractivity contribution in [2.45, 2.75) is 86.0 Å². The smallest absolute Gasteiger partial charge is 0.162 e. The molecule has 49 heavy (non-hydrogen) atoms. The zero-order valence-corrected chi connectivity index (χ0v) is 32.1. The van der Waals surface area contributed by atoms with E-state index in [1.165, 1.54) is 44.8 Å². The second-order valence-corrected chi connectivity index (χ2v) is 13.1. The number of benzene rings is 4. The number of aryl methyl sites for hydroxylation is 1. The number of carbonyl (C=O) groups is 1. The van der Waals surface area contributed by atoms with Crippen molar-refractivity contribution in [1.29, 1.82) is 0 Å². The van der Waals surface area contributed by atoms with Crippen molar-refractivity contribution >= 4 is 16.6 Å². The fourth-order valence-electron chi connectivity index (χ4n) is 6.86. The van der Waals surface area contributed by atoms with E-state index in [9.17, 15) is 9.90 Å². The molecule has 257 valence electrons. The molecule has 5 heteroatoms. The first kappa shape index (κ1) is 37.9. The Morgan fingerprint density at radius 1 is 0.796 bits per heavy atom. The molecule has 0 saturated heterocycles. The van der Waals surface area contributed by atoms with Crippen LogP contribution < -0.4 is 0 Å². The number of fused-ring (bicyclic) bond motifs is 4. The molecule has 0 amide bonds. The molecule has 0 unspecified atom stereocenters. The van der Waals surface area contributed by atoms with E-state index in [1.807, 2.05) is 27.7 Å². The maximum atomic E-state index is 11.7. The van der Waals surface area contributed by atoms with E-state index in [1.54, 1.807) is 6.33 Å². The van der Waals surface area contributed by atoms with Crippen LogP contribution in [0, 0.1) is 17.9 Å². The second-order valence-electron chi connectivity index (χ2n) is 13.1. The SMILES string of the molecule is CC(C)c1cc(-c2ncnc3c2CCc2cc(-c4ccccc4)ccc2-3)[c-]c2ccccc12.CCC(CC)C(=O)/C=C(\O)C(CC)CC.[Ir]. The summed E-state index contributed by atoms with van der Waals surface area (Å²) in [5.41, 5.74) is 10.8. The standard InChI is InChI=1S/C31H25N2.C13H24O2.Ir/c1-20(2)29-18-25(17-23-10-6-7-11-26(23)29)30-28-15-13-24-16-22(21-8-4-3-5-9-21)12-14-27(24)31(28)33-19-32-30;1-5-10(6-2)12(14)9-13(15)11(7-3)8-4;/h3-12,14,16,18-20H,13,15H2,1-2H3;9-11,14H,5-8H2,1-4H3;/q-1;;/b;12-9-;. The van der Waals surface area contributed by atoms with E-state index < -0.39 is 0 Å². The van der Waals surface area contributed by atoms with Gasteiger partial charge < -0.3 is 5.11 Å². The number of hydrogen-bond acceptors (Lipinski definition) is 4. The zero-order valence-electron chi connectivity index (χ0n) is 29.7. The summed E-state index contributed by atoms with van der Waals surface area (Å²) >= 11 is 0. The van der Waals surface area contributed by atoms with E-state index in [4.69, 9.17) is 9.97 Å². The summed E-state index contributed by atoms with van der Waals surface area (Å²) in [5.74, 6) is 0.976. The molecule has 0 bridgehead atoms. The van der Waals surface area contributed by atoms with Crippen LogP contribution in [0.2, 0.25) is 0 Å².